The number of carbonyl (C=O) groups excluding carboxylic acids is 1. The number of anilines is 1. The van der Waals surface area contributed by atoms with Gasteiger partial charge in [-0.25, -0.2) is 4.98 Å². The van der Waals surface area contributed by atoms with Gasteiger partial charge in [-0.1, -0.05) is 19.9 Å². The standard InChI is InChI=1S/C13H19N3O/c1-3-7-14-12-6-4-5-10(15-12)13(17)16-11-8-9(11)2/h4-6,9,11H,3,7-8H2,1-2H3,(H,14,15)(H,16,17). The first-order valence-electron chi connectivity index (χ1n) is 6.22. The third-order valence-electron chi connectivity index (χ3n) is 2.96. The summed E-state index contributed by atoms with van der Waals surface area (Å²) in [5, 5.41) is 6.15. The number of hydrogen-bond donors (Lipinski definition) is 2. The van der Waals surface area contributed by atoms with Crippen LogP contribution in [0.1, 0.15) is 37.2 Å². The molecule has 1 aromatic heterocycles. The summed E-state index contributed by atoms with van der Waals surface area (Å²) in [7, 11) is 0. The number of nitrogens with one attached hydrogen (secondary N) is 2. The summed E-state index contributed by atoms with van der Waals surface area (Å²) >= 11 is 0. The fourth-order valence-electron chi connectivity index (χ4n) is 1.68. The zero-order valence-corrected chi connectivity index (χ0v) is 10.4. The van der Waals surface area contributed by atoms with Crippen molar-refractivity contribution >= 4 is 11.7 Å². The topological polar surface area (TPSA) is 54.0 Å². The molecule has 0 spiro atoms. The molecule has 0 aromatic carbocycles. The molecule has 1 aliphatic carbocycles. The minimum atomic E-state index is -0.0699. The van der Waals surface area contributed by atoms with Gasteiger partial charge in [-0.3, -0.25) is 4.79 Å². The second-order valence-electron chi connectivity index (χ2n) is 4.63. The Kier molecular flexibility index (Phi) is 3.61. The Morgan fingerprint density at radius 3 is 2.94 bits per heavy atom. The van der Waals surface area contributed by atoms with E-state index in [9.17, 15) is 4.79 Å². The molecule has 2 rings (SSSR count). The molecule has 1 aromatic rings. The monoisotopic (exact) mass is 233 g/mol. The molecule has 2 N–H and O–H groups in total. The first kappa shape index (κ1) is 11.9. The fourth-order valence-corrected chi connectivity index (χ4v) is 1.68. The van der Waals surface area contributed by atoms with Gasteiger partial charge in [0.2, 0.25) is 0 Å². The predicted molar refractivity (Wildman–Crippen MR) is 68.1 cm³/mol. The first-order chi connectivity index (χ1) is 8.20. The smallest absolute Gasteiger partial charge is 0.270 e. The Morgan fingerprint density at radius 2 is 2.29 bits per heavy atom. The molecule has 1 saturated carbocycles. The SMILES string of the molecule is CCCNc1cccc(C(=O)NC2CC2C)n1. The third kappa shape index (κ3) is 3.19. The molecule has 0 aliphatic heterocycles. The molecule has 1 amide bonds. The van der Waals surface area contributed by atoms with Gasteiger partial charge in [-0.05, 0) is 30.9 Å². The molecule has 1 fully saturated rings. The molecule has 0 saturated heterocycles. The molecule has 92 valence electrons. The van der Waals surface area contributed by atoms with Crippen molar-refractivity contribution in [2.75, 3.05) is 11.9 Å². The molecule has 1 heterocycles. The van der Waals surface area contributed by atoms with E-state index in [1.807, 2.05) is 12.1 Å². The van der Waals surface area contributed by atoms with Crippen LogP contribution < -0.4 is 10.6 Å². The van der Waals surface area contributed by atoms with Gasteiger partial charge >= 0.3 is 0 Å². The van der Waals surface area contributed by atoms with E-state index >= 15 is 0 Å². The molecule has 2 unspecified atom stereocenters. The number of carbonyl (C=O) groups is 1. The molecule has 4 nitrogen and oxygen atoms in total. The maximum atomic E-state index is 11.9. The third-order valence-corrected chi connectivity index (χ3v) is 2.96. The summed E-state index contributed by atoms with van der Waals surface area (Å²) in [6.07, 6.45) is 2.12. The van der Waals surface area contributed by atoms with Crippen LogP contribution in [-0.2, 0) is 0 Å². The lowest BCUT2D eigenvalue weighted by Gasteiger charge is -2.06. The fraction of sp³-hybridized carbons (Fsp3) is 0.538. The van der Waals surface area contributed by atoms with Crippen LogP contribution >= 0.6 is 0 Å². The van der Waals surface area contributed by atoms with Gasteiger partial charge in [0.05, 0.1) is 0 Å². The highest BCUT2D eigenvalue weighted by Gasteiger charge is 2.34. The van der Waals surface area contributed by atoms with E-state index in [1.54, 1.807) is 6.07 Å². The summed E-state index contributed by atoms with van der Waals surface area (Å²) in [6.45, 7) is 5.10. The summed E-state index contributed by atoms with van der Waals surface area (Å²) < 4.78 is 0. The number of hydrogen-bond acceptors (Lipinski definition) is 3. The van der Waals surface area contributed by atoms with Gasteiger partial charge in [-0.2, -0.15) is 0 Å². The van der Waals surface area contributed by atoms with Gasteiger partial charge in [0.15, 0.2) is 0 Å². The molecule has 0 radical (unpaired) electrons. The number of aromatic nitrogens is 1. The van der Waals surface area contributed by atoms with E-state index in [1.165, 1.54) is 0 Å². The molecule has 0 bridgehead atoms. The van der Waals surface area contributed by atoms with Crippen LogP contribution in [0, 0.1) is 5.92 Å². The van der Waals surface area contributed by atoms with Gasteiger partial charge in [0.25, 0.3) is 5.91 Å². The number of nitrogens with zero attached hydrogens (tertiary/aromatic N) is 1. The molecular weight excluding hydrogens is 214 g/mol. The average Bonchev–Trinajstić information content (AvgIpc) is 3.02. The summed E-state index contributed by atoms with van der Waals surface area (Å²) in [5.74, 6) is 1.31. The highest BCUT2D eigenvalue weighted by molar-refractivity contribution is 5.93. The van der Waals surface area contributed by atoms with Crippen molar-refractivity contribution in [2.45, 2.75) is 32.7 Å². The van der Waals surface area contributed by atoms with Crippen LogP contribution in [0.15, 0.2) is 18.2 Å². The Bertz CT molecular complexity index is 405. The van der Waals surface area contributed by atoms with Gasteiger partial charge in [0.1, 0.15) is 11.5 Å². The van der Waals surface area contributed by atoms with Crippen molar-refractivity contribution in [2.24, 2.45) is 5.92 Å². The van der Waals surface area contributed by atoms with Crippen LogP contribution in [0.3, 0.4) is 0 Å². The second-order valence-corrected chi connectivity index (χ2v) is 4.63. The van der Waals surface area contributed by atoms with Gasteiger partial charge < -0.3 is 10.6 Å². The summed E-state index contributed by atoms with van der Waals surface area (Å²) in [5.41, 5.74) is 0.491. The normalized spacial score (nSPS) is 22.0. The predicted octanol–water partition coefficient (Wildman–Crippen LogP) is 2.04. The molecular formula is C13H19N3O. The van der Waals surface area contributed by atoms with Crippen molar-refractivity contribution < 1.29 is 4.79 Å². The van der Waals surface area contributed by atoms with Crippen LogP contribution in [0.5, 0.6) is 0 Å². The van der Waals surface area contributed by atoms with E-state index < -0.39 is 0 Å². The Labute approximate surface area is 102 Å². The Morgan fingerprint density at radius 1 is 1.53 bits per heavy atom. The lowest BCUT2D eigenvalue weighted by molar-refractivity contribution is 0.0944. The Balaban J connectivity index is 1.97. The Hall–Kier alpha value is -1.58. The van der Waals surface area contributed by atoms with E-state index in [0.29, 0.717) is 17.7 Å². The highest BCUT2D eigenvalue weighted by Crippen LogP contribution is 2.29. The minimum absolute atomic E-state index is 0.0699. The average molecular weight is 233 g/mol. The first-order valence-corrected chi connectivity index (χ1v) is 6.22. The zero-order valence-electron chi connectivity index (χ0n) is 10.4. The highest BCUT2D eigenvalue weighted by atomic mass is 16.2. The number of amides is 1. The van der Waals surface area contributed by atoms with E-state index in [-0.39, 0.29) is 5.91 Å². The maximum absolute atomic E-state index is 11.9. The maximum Gasteiger partial charge on any atom is 0.270 e. The van der Waals surface area contributed by atoms with E-state index in [2.05, 4.69) is 29.5 Å². The van der Waals surface area contributed by atoms with Crippen molar-refractivity contribution in [3.05, 3.63) is 23.9 Å². The van der Waals surface area contributed by atoms with Crippen molar-refractivity contribution in [1.29, 1.82) is 0 Å². The van der Waals surface area contributed by atoms with Crippen LogP contribution in [0.25, 0.3) is 0 Å². The molecule has 2 atom stereocenters. The van der Waals surface area contributed by atoms with Crippen LogP contribution in [-0.4, -0.2) is 23.5 Å². The molecule has 17 heavy (non-hydrogen) atoms. The summed E-state index contributed by atoms with van der Waals surface area (Å²) in [4.78, 5) is 16.2. The molecule has 4 heteroatoms. The number of rotatable bonds is 5. The van der Waals surface area contributed by atoms with Crippen molar-refractivity contribution in [3.8, 4) is 0 Å². The quantitative estimate of drug-likeness (QED) is 0.818. The molecule has 1 aliphatic rings. The lowest BCUT2D eigenvalue weighted by atomic mass is 10.3. The minimum Gasteiger partial charge on any atom is -0.370 e. The van der Waals surface area contributed by atoms with E-state index in [0.717, 1.165) is 25.2 Å². The van der Waals surface area contributed by atoms with Crippen molar-refractivity contribution in [1.82, 2.24) is 10.3 Å². The van der Waals surface area contributed by atoms with Gasteiger partial charge in [0, 0.05) is 12.6 Å². The van der Waals surface area contributed by atoms with E-state index in [4.69, 9.17) is 0 Å². The van der Waals surface area contributed by atoms with Crippen LogP contribution in [0.2, 0.25) is 0 Å². The van der Waals surface area contributed by atoms with Crippen molar-refractivity contribution in [3.63, 3.8) is 0 Å². The zero-order chi connectivity index (χ0) is 12.3. The van der Waals surface area contributed by atoms with Gasteiger partial charge in [-0.15, -0.1) is 0 Å². The number of pyridine rings is 1. The summed E-state index contributed by atoms with van der Waals surface area (Å²) in [6, 6.07) is 5.83. The largest absolute Gasteiger partial charge is 0.370 e. The van der Waals surface area contributed by atoms with Crippen LogP contribution in [0.4, 0.5) is 5.82 Å². The second kappa shape index (κ2) is 5.17. The lowest BCUT2D eigenvalue weighted by Crippen LogP contribution is -2.27.